The third-order valence-electron chi connectivity index (χ3n) is 7.66. The van der Waals surface area contributed by atoms with Crippen LogP contribution in [0.2, 0.25) is 0 Å². The van der Waals surface area contributed by atoms with Crippen molar-refractivity contribution in [3.63, 3.8) is 0 Å². The van der Waals surface area contributed by atoms with Gasteiger partial charge in [-0.05, 0) is 78.0 Å². The minimum atomic E-state index is -0.925. The van der Waals surface area contributed by atoms with Crippen LogP contribution in [-0.4, -0.2) is 63.6 Å². The van der Waals surface area contributed by atoms with E-state index in [1.165, 1.54) is 18.9 Å². The molecule has 7 nitrogen and oxygen atoms in total. The average Bonchev–Trinajstić information content (AvgIpc) is 3.65. The van der Waals surface area contributed by atoms with Gasteiger partial charge in [0.15, 0.2) is 5.13 Å². The number of thiazole rings is 1. The number of allylic oxidation sites excluding steroid dienone is 1. The minimum absolute atomic E-state index is 0.00514. The SMILES string of the molecule is C[C@@H]1CN(C2C=CC(Nc3nc(N)c(C(=O)c4c(F)cccc4F)s3)=CC2)C[C@H](C)N1C(OC(C)(C)C)C1CC1. The Hall–Kier alpha value is -2.66. The van der Waals surface area contributed by atoms with Crippen LogP contribution in [0.1, 0.15) is 69.1 Å². The molecule has 10 heteroatoms. The molecule has 0 amide bonds. The number of nitrogens with two attached hydrogens (primary N) is 1. The van der Waals surface area contributed by atoms with Gasteiger partial charge in [-0.25, -0.2) is 13.8 Å². The highest BCUT2D eigenvalue weighted by atomic mass is 32.1. The molecular weight excluding hydrogens is 532 g/mol. The van der Waals surface area contributed by atoms with Gasteiger partial charge >= 0.3 is 0 Å². The largest absolute Gasteiger partial charge is 0.382 e. The summed E-state index contributed by atoms with van der Waals surface area (Å²) in [6.07, 6.45) is 9.80. The second-order valence-electron chi connectivity index (χ2n) is 12.2. The number of carbonyl (C=O) groups is 1. The number of ether oxygens (including phenoxy) is 1. The number of nitrogens with one attached hydrogen (secondary N) is 1. The molecule has 1 aliphatic heterocycles. The quantitative estimate of drug-likeness (QED) is 0.387. The minimum Gasteiger partial charge on any atom is -0.382 e. The van der Waals surface area contributed by atoms with E-state index in [-0.39, 0.29) is 28.6 Å². The van der Waals surface area contributed by atoms with Crippen molar-refractivity contribution in [3.8, 4) is 0 Å². The molecule has 5 rings (SSSR count). The smallest absolute Gasteiger partial charge is 0.212 e. The first-order valence-corrected chi connectivity index (χ1v) is 14.8. The summed E-state index contributed by atoms with van der Waals surface area (Å²) in [5.74, 6) is -2.09. The number of rotatable bonds is 8. The molecule has 40 heavy (non-hydrogen) atoms. The number of aromatic nitrogens is 1. The Kier molecular flexibility index (Phi) is 8.16. The van der Waals surface area contributed by atoms with Crippen LogP contribution in [0.15, 0.2) is 42.1 Å². The topological polar surface area (TPSA) is 83.7 Å². The Morgan fingerprint density at radius 3 is 2.38 bits per heavy atom. The molecule has 1 aromatic heterocycles. The van der Waals surface area contributed by atoms with E-state index in [4.69, 9.17) is 10.5 Å². The van der Waals surface area contributed by atoms with Crippen LogP contribution in [0.3, 0.4) is 0 Å². The molecule has 3 N–H and O–H groups in total. The van der Waals surface area contributed by atoms with Gasteiger partial charge in [0.2, 0.25) is 5.78 Å². The van der Waals surface area contributed by atoms with Crippen molar-refractivity contribution in [2.75, 3.05) is 24.1 Å². The number of nitrogen functional groups attached to an aromatic ring is 1. The maximum absolute atomic E-state index is 14.1. The fourth-order valence-electron chi connectivity index (χ4n) is 5.77. The highest BCUT2D eigenvalue weighted by molar-refractivity contribution is 7.18. The second-order valence-corrected chi connectivity index (χ2v) is 13.2. The number of hydrogen-bond acceptors (Lipinski definition) is 8. The van der Waals surface area contributed by atoms with Crippen molar-refractivity contribution < 1.29 is 18.3 Å². The molecule has 1 saturated heterocycles. The molecule has 216 valence electrons. The Bertz CT molecular complexity index is 1280. The Morgan fingerprint density at radius 2 is 1.82 bits per heavy atom. The van der Waals surface area contributed by atoms with Crippen LogP contribution >= 0.6 is 11.3 Å². The van der Waals surface area contributed by atoms with Gasteiger partial charge in [-0.1, -0.05) is 29.6 Å². The summed E-state index contributed by atoms with van der Waals surface area (Å²) in [7, 11) is 0. The third-order valence-corrected chi connectivity index (χ3v) is 8.64. The summed E-state index contributed by atoms with van der Waals surface area (Å²) >= 11 is 0.984. The van der Waals surface area contributed by atoms with E-state index in [0.29, 0.717) is 23.1 Å². The zero-order chi connectivity index (χ0) is 28.8. The lowest BCUT2D eigenvalue weighted by Gasteiger charge is -2.50. The van der Waals surface area contributed by atoms with Gasteiger partial charge in [0.25, 0.3) is 0 Å². The van der Waals surface area contributed by atoms with Gasteiger partial charge in [0.05, 0.1) is 11.2 Å². The summed E-state index contributed by atoms with van der Waals surface area (Å²) in [6.45, 7) is 13.0. The van der Waals surface area contributed by atoms with Crippen molar-refractivity contribution in [1.82, 2.24) is 14.8 Å². The fourth-order valence-corrected chi connectivity index (χ4v) is 6.62. The number of benzene rings is 1. The van der Waals surface area contributed by atoms with Gasteiger partial charge in [-0.3, -0.25) is 14.6 Å². The highest BCUT2D eigenvalue weighted by Crippen LogP contribution is 2.40. The third kappa shape index (κ3) is 6.30. The first-order valence-electron chi connectivity index (χ1n) is 14.0. The molecule has 0 radical (unpaired) electrons. The molecule has 2 heterocycles. The molecule has 1 aromatic carbocycles. The number of ketones is 1. The second kappa shape index (κ2) is 11.3. The number of anilines is 2. The molecule has 4 atom stereocenters. The predicted molar refractivity (Wildman–Crippen MR) is 155 cm³/mol. The van der Waals surface area contributed by atoms with Gasteiger partial charge in [0, 0.05) is 36.9 Å². The van der Waals surface area contributed by atoms with E-state index >= 15 is 0 Å². The zero-order valence-corrected chi connectivity index (χ0v) is 24.6. The lowest BCUT2D eigenvalue weighted by molar-refractivity contribution is -0.179. The van der Waals surface area contributed by atoms with E-state index in [2.05, 4.69) is 66.9 Å². The van der Waals surface area contributed by atoms with Gasteiger partial charge in [0.1, 0.15) is 28.6 Å². The van der Waals surface area contributed by atoms with Crippen LogP contribution < -0.4 is 11.1 Å². The maximum Gasteiger partial charge on any atom is 0.212 e. The first kappa shape index (κ1) is 28.9. The van der Waals surface area contributed by atoms with Crippen LogP contribution in [-0.2, 0) is 4.74 Å². The van der Waals surface area contributed by atoms with Gasteiger partial charge in [-0.15, -0.1) is 0 Å². The van der Waals surface area contributed by atoms with Gasteiger partial charge < -0.3 is 15.8 Å². The number of halogens is 2. The van der Waals surface area contributed by atoms with E-state index in [0.717, 1.165) is 48.7 Å². The standard InChI is InChI=1S/C30H39F2N5O2S/c1-17-15-36(16-18(2)37(17)28(19-9-10-19)39-30(3,4)5)21-13-11-20(12-14-21)34-29-35-27(33)26(40-29)25(38)24-22(31)7-6-8-23(24)32/h6-8,11-13,17-19,21,28H,9-10,14-16,33H2,1-5H3,(H,34,35)/t17-,18+,21?,28?. The number of nitrogens with zero attached hydrogens (tertiary/aromatic N) is 3. The molecule has 3 aliphatic rings. The Balaban J connectivity index is 1.20. The van der Waals surface area contributed by atoms with E-state index in [1.807, 2.05) is 6.08 Å². The molecule has 0 bridgehead atoms. The number of piperazine rings is 1. The van der Waals surface area contributed by atoms with Gasteiger partial charge in [-0.2, -0.15) is 0 Å². The molecule has 2 aliphatic carbocycles. The van der Waals surface area contributed by atoms with Crippen molar-refractivity contribution in [1.29, 1.82) is 0 Å². The molecule has 1 saturated carbocycles. The van der Waals surface area contributed by atoms with E-state index in [9.17, 15) is 13.6 Å². The van der Waals surface area contributed by atoms with Crippen LogP contribution in [0.5, 0.6) is 0 Å². The zero-order valence-electron chi connectivity index (χ0n) is 23.8. The normalized spacial score (nSPS) is 25.1. The highest BCUT2D eigenvalue weighted by Gasteiger charge is 2.44. The predicted octanol–water partition coefficient (Wildman–Crippen LogP) is 5.80. The summed E-state index contributed by atoms with van der Waals surface area (Å²) in [5, 5.41) is 3.60. The first-order chi connectivity index (χ1) is 18.9. The van der Waals surface area contributed by atoms with E-state index < -0.39 is 23.0 Å². The van der Waals surface area contributed by atoms with Crippen LogP contribution in [0, 0.1) is 17.6 Å². The summed E-state index contributed by atoms with van der Waals surface area (Å²) in [4.78, 5) is 22.2. The summed E-state index contributed by atoms with van der Waals surface area (Å²) < 4.78 is 34.8. The molecule has 2 aromatic rings. The van der Waals surface area contributed by atoms with Crippen molar-refractivity contribution in [2.45, 2.75) is 83.8 Å². The summed E-state index contributed by atoms with van der Waals surface area (Å²) in [6, 6.07) is 4.35. The molecule has 0 spiro atoms. The molecule has 2 fully saturated rings. The summed E-state index contributed by atoms with van der Waals surface area (Å²) in [5.41, 5.74) is 6.00. The van der Waals surface area contributed by atoms with Crippen molar-refractivity contribution in [3.05, 3.63) is 64.2 Å². The van der Waals surface area contributed by atoms with E-state index in [1.54, 1.807) is 0 Å². The molecular formula is C30H39F2N5O2S. The lowest BCUT2D eigenvalue weighted by Crippen LogP contribution is -2.63. The van der Waals surface area contributed by atoms with Crippen molar-refractivity contribution >= 4 is 28.1 Å². The maximum atomic E-state index is 14.1. The van der Waals surface area contributed by atoms with Crippen LogP contribution in [0.25, 0.3) is 0 Å². The van der Waals surface area contributed by atoms with Crippen molar-refractivity contribution in [2.24, 2.45) is 5.92 Å². The Morgan fingerprint density at radius 1 is 1.18 bits per heavy atom. The number of hydrogen-bond donors (Lipinski definition) is 2. The Labute approximate surface area is 239 Å². The lowest BCUT2D eigenvalue weighted by atomic mass is 9.99. The number of carbonyl (C=O) groups excluding carboxylic acids is 1. The fraction of sp³-hybridized carbons (Fsp3) is 0.533. The molecule has 2 unspecified atom stereocenters. The monoisotopic (exact) mass is 571 g/mol. The average molecular weight is 572 g/mol. The van der Waals surface area contributed by atoms with Crippen LogP contribution in [0.4, 0.5) is 19.7 Å².